The van der Waals surface area contributed by atoms with Crippen LogP contribution in [0.5, 0.6) is 0 Å². The Balaban J connectivity index is 1.74. The van der Waals surface area contributed by atoms with Gasteiger partial charge in [0.05, 0.1) is 6.04 Å². The molecule has 2 aromatic rings. The molecule has 146 valence electrons. The molecule has 0 spiro atoms. The van der Waals surface area contributed by atoms with Crippen molar-refractivity contribution >= 4 is 17.9 Å². The Morgan fingerprint density at radius 1 is 1.26 bits per heavy atom. The van der Waals surface area contributed by atoms with Crippen LogP contribution in [-0.4, -0.2) is 38.9 Å². The summed E-state index contributed by atoms with van der Waals surface area (Å²) >= 11 is 0. The predicted octanol–water partition coefficient (Wildman–Crippen LogP) is 3.21. The largest absolute Gasteiger partial charge is 0.447 e. The number of cyclic esters (lactones) is 1. The molecule has 1 aliphatic heterocycles. The molecule has 0 unspecified atom stereocenters. The summed E-state index contributed by atoms with van der Waals surface area (Å²) in [6.45, 7) is 10.6. The van der Waals surface area contributed by atoms with E-state index in [1.165, 1.54) is 0 Å². The van der Waals surface area contributed by atoms with Crippen molar-refractivity contribution in [1.82, 2.24) is 20.1 Å². The standard InChI is InChI=1S/C18H26N6O3/c1-10(2)8-14-21-16(27-23-14)12(5)20-17-19-7-6-15(22-17)24-13(11(3)4)9-26-18(24)25/h6-7,10-13H,8-9H2,1-5H3,(H,19,20,22)/t12-,13+/m0/s1. The molecule has 9 nitrogen and oxygen atoms in total. The van der Waals surface area contributed by atoms with Gasteiger partial charge in [-0.15, -0.1) is 0 Å². The monoisotopic (exact) mass is 374 g/mol. The molecular formula is C18H26N6O3. The summed E-state index contributed by atoms with van der Waals surface area (Å²) in [6, 6.07) is 1.39. The maximum absolute atomic E-state index is 12.1. The van der Waals surface area contributed by atoms with E-state index in [2.05, 4.69) is 39.3 Å². The van der Waals surface area contributed by atoms with E-state index in [-0.39, 0.29) is 24.1 Å². The van der Waals surface area contributed by atoms with Gasteiger partial charge in [0.15, 0.2) is 5.82 Å². The Hall–Kier alpha value is -2.71. The molecule has 3 heterocycles. The van der Waals surface area contributed by atoms with E-state index >= 15 is 0 Å². The van der Waals surface area contributed by atoms with Gasteiger partial charge in [0.25, 0.3) is 0 Å². The zero-order chi connectivity index (χ0) is 19.6. The smallest absolute Gasteiger partial charge is 0.415 e. The van der Waals surface area contributed by atoms with Crippen molar-refractivity contribution in [3.63, 3.8) is 0 Å². The molecule has 9 heteroatoms. The zero-order valence-electron chi connectivity index (χ0n) is 16.3. The highest BCUT2D eigenvalue weighted by atomic mass is 16.6. The maximum atomic E-state index is 12.1. The van der Waals surface area contributed by atoms with Crippen LogP contribution in [0, 0.1) is 11.8 Å². The first-order chi connectivity index (χ1) is 12.8. The van der Waals surface area contributed by atoms with Gasteiger partial charge in [-0.05, 0) is 24.8 Å². The summed E-state index contributed by atoms with van der Waals surface area (Å²) in [7, 11) is 0. The number of carbonyl (C=O) groups is 1. The fourth-order valence-electron chi connectivity index (χ4n) is 2.89. The third kappa shape index (κ3) is 4.35. The first-order valence-electron chi connectivity index (χ1n) is 9.23. The minimum atomic E-state index is -0.387. The lowest BCUT2D eigenvalue weighted by Crippen LogP contribution is -2.37. The summed E-state index contributed by atoms with van der Waals surface area (Å²) in [5, 5.41) is 7.15. The fraction of sp³-hybridized carbons (Fsp3) is 0.611. The topological polar surface area (TPSA) is 106 Å². The molecule has 0 saturated carbocycles. The number of hydrogen-bond acceptors (Lipinski definition) is 8. The number of rotatable bonds is 7. The summed E-state index contributed by atoms with van der Waals surface area (Å²) in [5.74, 6) is 2.74. The van der Waals surface area contributed by atoms with E-state index in [1.54, 1.807) is 17.2 Å². The highest BCUT2D eigenvalue weighted by Crippen LogP contribution is 2.26. The van der Waals surface area contributed by atoms with Crippen LogP contribution >= 0.6 is 0 Å². The highest BCUT2D eigenvalue weighted by Gasteiger charge is 2.37. The summed E-state index contributed by atoms with van der Waals surface area (Å²) < 4.78 is 10.5. The van der Waals surface area contributed by atoms with E-state index in [1.807, 2.05) is 20.8 Å². The van der Waals surface area contributed by atoms with Crippen molar-refractivity contribution < 1.29 is 14.1 Å². The normalized spacial score (nSPS) is 18.3. The van der Waals surface area contributed by atoms with Gasteiger partial charge in [0.2, 0.25) is 11.8 Å². The molecule has 1 N–H and O–H groups in total. The Morgan fingerprint density at radius 2 is 2.04 bits per heavy atom. The molecule has 2 aromatic heterocycles. The lowest BCUT2D eigenvalue weighted by atomic mass is 10.0. The van der Waals surface area contributed by atoms with Crippen LogP contribution < -0.4 is 10.2 Å². The molecule has 0 radical (unpaired) electrons. The second-order valence-corrected chi connectivity index (χ2v) is 7.51. The number of aromatic nitrogens is 4. The van der Waals surface area contributed by atoms with Gasteiger partial charge in [-0.25, -0.2) is 9.78 Å². The summed E-state index contributed by atoms with van der Waals surface area (Å²) in [4.78, 5) is 26.8. The molecule has 1 amide bonds. The van der Waals surface area contributed by atoms with Crippen LogP contribution in [0.15, 0.2) is 16.8 Å². The van der Waals surface area contributed by atoms with Crippen LogP contribution in [0.25, 0.3) is 0 Å². The maximum Gasteiger partial charge on any atom is 0.415 e. The summed E-state index contributed by atoms with van der Waals surface area (Å²) in [6.07, 6.45) is 1.98. The van der Waals surface area contributed by atoms with Gasteiger partial charge in [-0.3, -0.25) is 4.90 Å². The van der Waals surface area contributed by atoms with Gasteiger partial charge in [-0.2, -0.15) is 9.97 Å². The van der Waals surface area contributed by atoms with Crippen molar-refractivity contribution in [1.29, 1.82) is 0 Å². The fourth-order valence-corrected chi connectivity index (χ4v) is 2.89. The molecule has 2 atom stereocenters. The van der Waals surface area contributed by atoms with Gasteiger partial charge in [0, 0.05) is 12.6 Å². The van der Waals surface area contributed by atoms with E-state index in [0.29, 0.717) is 36.0 Å². The molecule has 3 rings (SSSR count). The molecule has 1 saturated heterocycles. The van der Waals surface area contributed by atoms with Crippen LogP contribution in [-0.2, 0) is 11.2 Å². The van der Waals surface area contributed by atoms with Crippen LogP contribution in [0.2, 0.25) is 0 Å². The molecule has 1 fully saturated rings. The molecule has 27 heavy (non-hydrogen) atoms. The number of anilines is 2. The average molecular weight is 374 g/mol. The zero-order valence-corrected chi connectivity index (χ0v) is 16.3. The lowest BCUT2D eigenvalue weighted by Gasteiger charge is -2.23. The molecule has 0 bridgehead atoms. The van der Waals surface area contributed by atoms with Crippen LogP contribution in [0.3, 0.4) is 0 Å². The van der Waals surface area contributed by atoms with Crippen molar-refractivity contribution in [3.8, 4) is 0 Å². The highest BCUT2D eigenvalue weighted by molar-refractivity contribution is 5.89. The first-order valence-corrected chi connectivity index (χ1v) is 9.23. The minimum absolute atomic E-state index is 0.0489. The number of amides is 1. The second-order valence-electron chi connectivity index (χ2n) is 7.51. The predicted molar refractivity (Wildman–Crippen MR) is 99.4 cm³/mol. The molecular weight excluding hydrogens is 348 g/mol. The average Bonchev–Trinajstić information content (AvgIpc) is 3.21. The summed E-state index contributed by atoms with van der Waals surface area (Å²) in [5.41, 5.74) is 0. The Kier molecular flexibility index (Phi) is 5.57. The van der Waals surface area contributed by atoms with E-state index in [9.17, 15) is 4.79 Å². The SMILES string of the molecule is CC(C)Cc1noc([C@H](C)Nc2nccc(N3C(=O)OC[C@@H]3C(C)C)n2)n1. The number of nitrogens with zero attached hydrogens (tertiary/aromatic N) is 5. The van der Waals surface area contributed by atoms with Crippen molar-refractivity contribution in [2.45, 2.75) is 53.1 Å². The van der Waals surface area contributed by atoms with Crippen molar-refractivity contribution in [3.05, 3.63) is 24.0 Å². The van der Waals surface area contributed by atoms with Crippen molar-refractivity contribution in [2.24, 2.45) is 11.8 Å². The first kappa shape index (κ1) is 19.1. The molecule has 0 aromatic carbocycles. The number of ether oxygens (including phenoxy) is 1. The Morgan fingerprint density at radius 3 is 2.74 bits per heavy atom. The number of nitrogens with one attached hydrogen (secondary N) is 1. The van der Waals surface area contributed by atoms with Crippen molar-refractivity contribution in [2.75, 3.05) is 16.8 Å². The van der Waals surface area contributed by atoms with E-state index in [0.717, 1.165) is 6.42 Å². The quantitative estimate of drug-likeness (QED) is 0.787. The molecule has 0 aliphatic carbocycles. The molecule has 1 aliphatic rings. The number of hydrogen-bond donors (Lipinski definition) is 1. The van der Waals surface area contributed by atoms with Crippen LogP contribution in [0.4, 0.5) is 16.6 Å². The van der Waals surface area contributed by atoms with Crippen LogP contribution in [0.1, 0.15) is 52.4 Å². The van der Waals surface area contributed by atoms with Gasteiger partial charge < -0.3 is 14.6 Å². The van der Waals surface area contributed by atoms with Gasteiger partial charge in [-0.1, -0.05) is 32.9 Å². The Labute approximate surface area is 158 Å². The minimum Gasteiger partial charge on any atom is -0.447 e. The lowest BCUT2D eigenvalue weighted by molar-refractivity contribution is 0.177. The van der Waals surface area contributed by atoms with Gasteiger partial charge >= 0.3 is 6.09 Å². The van der Waals surface area contributed by atoms with E-state index < -0.39 is 0 Å². The second kappa shape index (κ2) is 7.89. The van der Waals surface area contributed by atoms with Gasteiger partial charge in [0.1, 0.15) is 18.5 Å². The third-order valence-electron chi connectivity index (χ3n) is 4.35. The third-order valence-corrected chi connectivity index (χ3v) is 4.35. The Bertz CT molecular complexity index is 791. The number of carbonyl (C=O) groups excluding carboxylic acids is 1. The van der Waals surface area contributed by atoms with E-state index in [4.69, 9.17) is 9.26 Å².